The van der Waals surface area contributed by atoms with Crippen LogP contribution >= 0.6 is 0 Å². The number of esters is 2. The van der Waals surface area contributed by atoms with Gasteiger partial charge in [-0.05, 0) is 12.8 Å². The molecule has 15 heavy (non-hydrogen) atoms. The summed E-state index contributed by atoms with van der Waals surface area (Å²) in [6.07, 6.45) is 3.82. The second kappa shape index (κ2) is 4.21. The molecule has 2 aliphatic rings. The van der Waals surface area contributed by atoms with Crippen molar-refractivity contribution in [3.63, 3.8) is 0 Å². The molecule has 2 heterocycles. The van der Waals surface area contributed by atoms with Gasteiger partial charge < -0.3 is 9.47 Å². The van der Waals surface area contributed by atoms with Gasteiger partial charge in [0.2, 0.25) is 6.10 Å². The van der Waals surface area contributed by atoms with Gasteiger partial charge in [0.1, 0.15) is 6.10 Å². The van der Waals surface area contributed by atoms with E-state index in [4.69, 9.17) is 9.47 Å². The summed E-state index contributed by atoms with van der Waals surface area (Å²) in [4.78, 5) is 22.4. The SMILES string of the molecule is CCCCC[C@H]1OC(=O)[C@@H]2OC(=O)C[C@H]12. The van der Waals surface area contributed by atoms with Crippen molar-refractivity contribution < 1.29 is 19.1 Å². The summed E-state index contributed by atoms with van der Waals surface area (Å²) in [5.74, 6) is -0.642. The number of carbonyl (C=O) groups is 2. The quantitative estimate of drug-likeness (QED) is 0.522. The number of rotatable bonds is 4. The van der Waals surface area contributed by atoms with Crippen LogP contribution in [0.2, 0.25) is 0 Å². The molecule has 0 spiro atoms. The second-order valence-corrected chi connectivity index (χ2v) is 4.25. The van der Waals surface area contributed by atoms with E-state index in [9.17, 15) is 9.59 Å². The molecule has 0 saturated carbocycles. The molecule has 0 amide bonds. The normalized spacial score (nSPS) is 33.8. The van der Waals surface area contributed by atoms with Crippen LogP contribution < -0.4 is 0 Å². The highest BCUT2D eigenvalue weighted by Gasteiger charge is 2.52. The standard InChI is InChI=1S/C11H16O4/c1-2-3-4-5-8-7-6-9(12)15-10(7)11(13)14-8/h7-8,10H,2-6H2,1H3/t7-,8-,10-/m1/s1. The highest BCUT2D eigenvalue weighted by molar-refractivity contribution is 5.85. The van der Waals surface area contributed by atoms with Crippen LogP contribution in [0.25, 0.3) is 0 Å². The molecule has 84 valence electrons. The smallest absolute Gasteiger partial charge is 0.348 e. The largest absolute Gasteiger partial charge is 0.459 e. The maximum absolute atomic E-state index is 11.3. The lowest BCUT2D eigenvalue weighted by Gasteiger charge is -2.12. The van der Waals surface area contributed by atoms with E-state index in [1.165, 1.54) is 0 Å². The molecule has 0 aliphatic carbocycles. The van der Waals surface area contributed by atoms with E-state index in [2.05, 4.69) is 6.92 Å². The van der Waals surface area contributed by atoms with E-state index in [1.54, 1.807) is 0 Å². The summed E-state index contributed by atoms with van der Waals surface area (Å²) < 4.78 is 10.1. The Hall–Kier alpha value is -1.06. The van der Waals surface area contributed by atoms with Gasteiger partial charge in [-0.25, -0.2) is 4.79 Å². The fourth-order valence-corrected chi connectivity index (χ4v) is 2.30. The van der Waals surface area contributed by atoms with Crippen molar-refractivity contribution in [1.29, 1.82) is 0 Å². The van der Waals surface area contributed by atoms with Crippen LogP contribution in [-0.2, 0) is 19.1 Å². The fraction of sp³-hybridized carbons (Fsp3) is 0.818. The Kier molecular flexibility index (Phi) is 2.93. The summed E-state index contributed by atoms with van der Waals surface area (Å²) in [6.45, 7) is 2.13. The summed E-state index contributed by atoms with van der Waals surface area (Å²) in [7, 11) is 0. The van der Waals surface area contributed by atoms with Crippen molar-refractivity contribution in [2.75, 3.05) is 0 Å². The Balaban J connectivity index is 1.91. The van der Waals surface area contributed by atoms with Crippen LogP contribution in [0.1, 0.15) is 39.0 Å². The number of ether oxygens (including phenoxy) is 2. The first-order valence-corrected chi connectivity index (χ1v) is 5.62. The van der Waals surface area contributed by atoms with Gasteiger partial charge in [-0.3, -0.25) is 4.79 Å². The number of hydrogen-bond donors (Lipinski definition) is 0. The summed E-state index contributed by atoms with van der Waals surface area (Å²) in [5.41, 5.74) is 0. The van der Waals surface area contributed by atoms with Gasteiger partial charge in [-0.15, -0.1) is 0 Å². The van der Waals surface area contributed by atoms with Gasteiger partial charge in [0.25, 0.3) is 0 Å². The van der Waals surface area contributed by atoms with Crippen molar-refractivity contribution in [3.8, 4) is 0 Å². The third-order valence-electron chi connectivity index (χ3n) is 3.12. The Labute approximate surface area is 88.9 Å². The average Bonchev–Trinajstić information content (AvgIpc) is 2.69. The predicted octanol–water partition coefficient (Wildman–Crippen LogP) is 1.42. The van der Waals surface area contributed by atoms with Gasteiger partial charge >= 0.3 is 11.9 Å². The van der Waals surface area contributed by atoms with Crippen LogP contribution in [0, 0.1) is 5.92 Å². The van der Waals surface area contributed by atoms with Crippen molar-refractivity contribution >= 4 is 11.9 Å². The van der Waals surface area contributed by atoms with E-state index in [-0.39, 0.29) is 24.0 Å². The first kappa shape index (κ1) is 10.5. The maximum atomic E-state index is 11.3. The predicted molar refractivity (Wildman–Crippen MR) is 52.0 cm³/mol. The number of hydrogen-bond acceptors (Lipinski definition) is 4. The second-order valence-electron chi connectivity index (χ2n) is 4.25. The zero-order chi connectivity index (χ0) is 10.8. The van der Waals surface area contributed by atoms with Gasteiger partial charge in [0.05, 0.1) is 12.3 Å². The van der Waals surface area contributed by atoms with Gasteiger partial charge in [-0.2, -0.15) is 0 Å². The van der Waals surface area contributed by atoms with Crippen molar-refractivity contribution in [1.82, 2.24) is 0 Å². The third kappa shape index (κ3) is 1.98. The molecule has 0 radical (unpaired) electrons. The van der Waals surface area contributed by atoms with E-state index in [1.807, 2.05) is 0 Å². The Bertz CT molecular complexity index is 274. The van der Waals surface area contributed by atoms with Crippen LogP contribution in [-0.4, -0.2) is 24.1 Å². The lowest BCUT2D eigenvalue weighted by atomic mass is 9.94. The molecule has 0 unspecified atom stereocenters. The molecular formula is C11H16O4. The summed E-state index contributed by atoms with van der Waals surface area (Å²) >= 11 is 0. The Morgan fingerprint density at radius 3 is 2.80 bits per heavy atom. The monoisotopic (exact) mass is 212 g/mol. The molecular weight excluding hydrogens is 196 g/mol. The molecule has 0 aromatic carbocycles. The van der Waals surface area contributed by atoms with Crippen LogP contribution in [0.4, 0.5) is 0 Å². The molecule has 0 aromatic rings. The first-order chi connectivity index (χ1) is 7.22. The van der Waals surface area contributed by atoms with Crippen molar-refractivity contribution in [2.24, 2.45) is 5.92 Å². The zero-order valence-corrected chi connectivity index (χ0v) is 8.90. The molecule has 2 fully saturated rings. The molecule has 4 nitrogen and oxygen atoms in total. The molecule has 3 atom stereocenters. The fourth-order valence-electron chi connectivity index (χ4n) is 2.30. The molecule has 2 aliphatic heterocycles. The van der Waals surface area contributed by atoms with Gasteiger partial charge in [-0.1, -0.05) is 19.8 Å². The van der Waals surface area contributed by atoms with E-state index >= 15 is 0 Å². The number of cyclic esters (lactones) is 1. The number of carbonyl (C=O) groups excluding carboxylic acids is 2. The third-order valence-corrected chi connectivity index (χ3v) is 3.12. The van der Waals surface area contributed by atoms with E-state index in [0.717, 1.165) is 25.7 Å². The first-order valence-electron chi connectivity index (χ1n) is 5.62. The maximum Gasteiger partial charge on any atom is 0.348 e. The highest BCUT2D eigenvalue weighted by Crippen LogP contribution is 2.36. The minimum atomic E-state index is -0.607. The molecule has 0 aromatic heterocycles. The van der Waals surface area contributed by atoms with E-state index < -0.39 is 6.10 Å². The molecule has 4 heteroatoms. The van der Waals surface area contributed by atoms with Crippen molar-refractivity contribution in [3.05, 3.63) is 0 Å². The number of unbranched alkanes of at least 4 members (excludes halogenated alkanes) is 2. The topological polar surface area (TPSA) is 52.6 Å². The zero-order valence-electron chi connectivity index (χ0n) is 8.90. The summed E-state index contributed by atoms with van der Waals surface area (Å²) in [5, 5.41) is 0. The lowest BCUT2D eigenvalue weighted by Crippen LogP contribution is -2.20. The molecule has 2 rings (SSSR count). The lowest BCUT2D eigenvalue weighted by molar-refractivity contribution is -0.158. The molecule has 0 bridgehead atoms. The summed E-state index contributed by atoms with van der Waals surface area (Å²) in [6, 6.07) is 0. The van der Waals surface area contributed by atoms with Crippen LogP contribution in [0.15, 0.2) is 0 Å². The van der Waals surface area contributed by atoms with Crippen LogP contribution in [0.3, 0.4) is 0 Å². The molecule has 0 N–H and O–H groups in total. The van der Waals surface area contributed by atoms with E-state index in [0.29, 0.717) is 6.42 Å². The minimum Gasteiger partial charge on any atom is -0.459 e. The highest BCUT2D eigenvalue weighted by atomic mass is 16.6. The Morgan fingerprint density at radius 1 is 1.27 bits per heavy atom. The molecule has 2 saturated heterocycles. The van der Waals surface area contributed by atoms with Crippen molar-refractivity contribution in [2.45, 2.75) is 51.2 Å². The van der Waals surface area contributed by atoms with Gasteiger partial charge in [0.15, 0.2) is 0 Å². The van der Waals surface area contributed by atoms with Gasteiger partial charge in [0, 0.05) is 0 Å². The minimum absolute atomic E-state index is 0.0261. The van der Waals surface area contributed by atoms with Crippen LogP contribution in [0.5, 0.6) is 0 Å². The Morgan fingerprint density at radius 2 is 2.07 bits per heavy atom. The number of fused-ring (bicyclic) bond motifs is 1. The average molecular weight is 212 g/mol.